The molecule has 0 spiro atoms. The molecule has 0 N–H and O–H groups in total. The maximum absolute atomic E-state index is 11.7. The van der Waals surface area contributed by atoms with Crippen LogP contribution in [0.2, 0.25) is 0 Å². The van der Waals surface area contributed by atoms with Crippen molar-refractivity contribution in [3.8, 4) is 5.75 Å². The topological polar surface area (TPSA) is 94.3 Å². The number of hydrogen-bond acceptors (Lipinski definition) is 6. The molecule has 0 fully saturated rings. The highest BCUT2D eigenvalue weighted by molar-refractivity contribution is 6.12. The molecule has 0 radical (unpaired) electrons. The maximum atomic E-state index is 11.7. The molecule has 0 unspecified atom stereocenters. The number of carbonyl (C=O) groups excluding carboxylic acids is 1. The Labute approximate surface area is 121 Å². The number of hydrogen-bond donors (Lipinski definition) is 0. The van der Waals surface area contributed by atoms with Gasteiger partial charge < -0.3 is 9.57 Å². The minimum Gasteiger partial charge on any atom is -0.494 e. The Balaban J connectivity index is 1.82. The van der Waals surface area contributed by atoms with Gasteiger partial charge in [0, 0.05) is 12.1 Å². The number of carbonyl (C=O) groups is 1. The number of hydrazone groups is 1. The summed E-state index contributed by atoms with van der Waals surface area (Å²) in [5.41, 5.74) is 1.46. The first kappa shape index (κ1) is 14.8. The molecule has 0 atom stereocenters. The van der Waals surface area contributed by atoms with Crippen LogP contribution in [0, 0.1) is 10.1 Å². The molecule has 0 saturated heterocycles. The summed E-state index contributed by atoms with van der Waals surface area (Å²) in [5.74, 6) is 0.560. The lowest BCUT2D eigenvalue weighted by atomic mass is 10.2. The third kappa shape index (κ3) is 4.16. The van der Waals surface area contributed by atoms with E-state index in [-0.39, 0.29) is 12.5 Å². The van der Waals surface area contributed by atoms with Gasteiger partial charge in [0.15, 0.2) is 0 Å². The van der Waals surface area contributed by atoms with Crippen molar-refractivity contribution < 1.29 is 19.5 Å². The summed E-state index contributed by atoms with van der Waals surface area (Å²) in [6, 6.07) is 6.92. The summed E-state index contributed by atoms with van der Waals surface area (Å²) in [7, 11) is 0. The Morgan fingerprint density at radius 3 is 2.62 bits per heavy atom. The molecule has 0 saturated carbocycles. The Morgan fingerprint density at radius 1 is 1.33 bits per heavy atom. The van der Waals surface area contributed by atoms with Gasteiger partial charge in [0.2, 0.25) is 0 Å². The van der Waals surface area contributed by atoms with Crippen LogP contribution in [-0.2, 0) is 9.63 Å². The highest BCUT2D eigenvalue weighted by atomic mass is 16.9. The lowest BCUT2D eigenvalue weighted by Gasteiger charge is -2.12. The standard InChI is InChI=1S/C13H15N3O5/c1-10-9-13(17)15(14-10)11-3-5-12(6-4-11)20-7-2-8-21-16(18)19/h3-6H,2,7-9H2,1H3. The van der Waals surface area contributed by atoms with Gasteiger partial charge in [-0.05, 0) is 31.2 Å². The van der Waals surface area contributed by atoms with Crippen LogP contribution in [0.3, 0.4) is 0 Å². The summed E-state index contributed by atoms with van der Waals surface area (Å²) < 4.78 is 5.41. The van der Waals surface area contributed by atoms with Gasteiger partial charge in [0.05, 0.1) is 25.3 Å². The Hall–Kier alpha value is -2.64. The van der Waals surface area contributed by atoms with Gasteiger partial charge in [0.25, 0.3) is 11.0 Å². The zero-order chi connectivity index (χ0) is 15.2. The van der Waals surface area contributed by atoms with Crippen LogP contribution in [0.5, 0.6) is 5.75 Å². The van der Waals surface area contributed by atoms with E-state index in [1.807, 2.05) is 6.92 Å². The van der Waals surface area contributed by atoms with E-state index in [9.17, 15) is 14.9 Å². The molecule has 2 rings (SSSR count). The van der Waals surface area contributed by atoms with E-state index >= 15 is 0 Å². The lowest BCUT2D eigenvalue weighted by molar-refractivity contribution is -0.757. The Morgan fingerprint density at radius 2 is 2.05 bits per heavy atom. The largest absolute Gasteiger partial charge is 0.494 e. The summed E-state index contributed by atoms with van der Waals surface area (Å²) in [5, 5.41) is 14.6. The molecule has 112 valence electrons. The zero-order valence-electron chi connectivity index (χ0n) is 11.5. The van der Waals surface area contributed by atoms with Gasteiger partial charge in [-0.3, -0.25) is 4.79 Å². The molecule has 1 amide bonds. The third-order valence-corrected chi connectivity index (χ3v) is 2.75. The summed E-state index contributed by atoms with van der Waals surface area (Å²) >= 11 is 0. The first-order valence-corrected chi connectivity index (χ1v) is 6.43. The second kappa shape index (κ2) is 6.69. The molecule has 8 nitrogen and oxygen atoms in total. The zero-order valence-corrected chi connectivity index (χ0v) is 11.5. The monoisotopic (exact) mass is 293 g/mol. The van der Waals surface area contributed by atoms with E-state index in [0.29, 0.717) is 30.9 Å². The maximum Gasteiger partial charge on any atom is 0.294 e. The fraction of sp³-hybridized carbons (Fsp3) is 0.385. The van der Waals surface area contributed by atoms with Gasteiger partial charge in [-0.2, -0.15) is 5.10 Å². The van der Waals surface area contributed by atoms with Crippen LogP contribution >= 0.6 is 0 Å². The quantitative estimate of drug-likeness (QED) is 0.434. The van der Waals surface area contributed by atoms with E-state index in [2.05, 4.69) is 9.94 Å². The molecule has 1 aliphatic heterocycles. The summed E-state index contributed by atoms with van der Waals surface area (Å²) in [6.45, 7) is 2.12. The molecule has 0 aliphatic carbocycles. The number of nitrogens with zero attached hydrogens (tertiary/aromatic N) is 3. The van der Waals surface area contributed by atoms with Crippen LogP contribution in [0.15, 0.2) is 29.4 Å². The van der Waals surface area contributed by atoms with E-state index in [4.69, 9.17) is 4.74 Å². The predicted octanol–water partition coefficient (Wildman–Crippen LogP) is 1.78. The molecular formula is C13H15N3O5. The second-order valence-electron chi connectivity index (χ2n) is 4.47. The smallest absolute Gasteiger partial charge is 0.294 e. The molecule has 1 aliphatic rings. The number of anilines is 1. The normalized spacial score (nSPS) is 14.0. The molecule has 21 heavy (non-hydrogen) atoms. The first-order valence-electron chi connectivity index (χ1n) is 6.43. The summed E-state index contributed by atoms with van der Waals surface area (Å²) in [4.78, 5) is 25.8. The highest BCUT2D eigenvalue weighted by Gasteiger charge is 2.22. The number of rotatable bonds is 7. The van der Waals surface area contributed by atoms with E-state index in [1.165, 1.54) is 5.01 Å². The van der Waals surface area contributed by atoms with E-state index in [1.54, 1.807) is 24.3 Å². The average molecular weight is 293 g/mol. The second-order valence-corrected chi connectivity index (χ2v) is 4.47. The molecule has 0 bridgehead atoms. The summed E-state index contributed by atoms with van der Waals surface area (Å²) in [6.07, 6.45) is 0.755. The van der Waals surface area contributed by atoms with Gasteiger partial charge in [-0.15, -0.1) is 10.1 Å². The molecular weight excluding hydrogens is 278 g/mol. The van der Waals surface area contributed by atoms with Crippen molar-refractivity contribution in [2.24, 2.45) is 5.10 Å². The average Bonchev–Trinajstić information content (AvgIpc) is 2.78. The van der Waals surface area contributed by atoms with Crippen molar-refractivity contribution >= 4 is 17.3 Å². The molecule has 1 aromatic carbocycles. The highest BCUT2D eigenvalue weighted by Crippen LogP contribution is 2.23. The van der Waals surface area contributed by atoms with Crippen molar-refractivity contribution in [3.05, 3.63) is 34.4 Å². The van der Waals surface area contributed by atoms with Gasteiger partial charge >= 0.3 is 0 Å². The van der Waals surface area contributed by atoms with Crippen LogP contribution in [-0.4, -0.2) is 29.9 Å². The lowest BCUT2D eigenvalue weighted by Crippen LogP contribution is -2.19. The van der Waals surface area contributed by atoms with Crippen molar-refractivity contribution in [1.82, 2.24) is 0 Å². The van der Waals surface area contributed by atoms with Crippen LogP contribution in [0.1, 0.15) is 19.8 Å². The van der Waals surface area contributed by atoms with Crippen LogP contribution in [0.4, 0.5) is 5.69 Å². The fourth-order valence-corrected chi connectivity index (χ4v) is 1.83. The number of ether oxygens (including phenoxy) is 1. The Kier molecular flexibility index (Phi) is 4.70. The third-order valence-electron chi connectivity index (χ3n) is 2.75. The fourth-order valence-electron chi connectivity index (χ4n) is 1.83. The van der Waals surface area contributed by atoms with Crippen molar-refractivity contribution in [2.75, 3.05) is 18.2 Å². The van der Waals surface area contributed by atoms with Crippen LogP contribution < -0.4 is 9.75 Å². The van der Waals surface area contributed by atoms with Crippen molar-refractivity contribution in [2.45, 2.75) is 19.8 Å². The number of amides is 1. The Bertz CT molecular complexity index is 555. The molecule has 1 aromatic rings. The molecule has 1 heterocycles. The minimum absolute atomic E-state index is 0.00134. The van der Waals surface area contributed by atoms with Crippen molar-refractivity contribution in [3.63, 3.8) is 0 Å². The van der Waals surface area contributed by atoms with Gasteiger partial charge in [-0.25, -0.2) is 5.01 Å². The number of benzene rings is 1. The minimum atomic E-state index is -0.829. The van der Waals surface area contributed by atoms with Gasteiger partial charge in [0.1, 0.15) is 5.75 Å². The van der Waals surface area contributed by atoms with E-state index in [0.717, 1.165) is 5.71 Å². The predicted molar refractivity (Wildman–Crippen MR) is 74.7 cm³/mol. The first-order chi connectivity index (χ1) is 10.1. The van der Waals surface area contributed by atoms with Gasteiger partial charge in [-0.1, -0.05) is 0 Å². The molecule has 0 aromatic heterocycles. The SMILES string of the molecule is CC1=NN(c2ccc(OCCCO[N+](=O)[O-])cc2)C(=O)C1. The molecule has 8 heteroatoms. The van der Waals surface area contributed by atoms with Crippen molar-refractivity contribution in [1.29, 1.82) is 0 Å². The van der Waals surface area contributed by atoms with Crippen LogP contribution in [0.25, 0.3) is 0 Å². The van der Waals surface area contributed by atoms with E-state index < -0.39 is 5.09 Å².